The third-order valence-corrected chi connectivity index (χ3v) is 3.40. The molecule has 8 heteroatoms. The highest BCUT2D eigenvalue weighted by Gasteiger charge is 2.49. The van der Waals surface area contributed by atoms with Crippen LogP contribution in [0.3, 0.4) is 0 Å². The number of ether oxygens (including phenoxy) is 1. The SMILES string of the molecule is Cn1nnnc1C1(O)CN(C(=O)OCc2ccccc2)C1. The average Bonchev–Trinajstić information content (AvgIpc) is 2.89. The second-order valence-electron chi connectivity index (χ2n) is 5.05. The van der Waals surface area contributed by atoms with Gasteiger partial charge in [0.05, 0.1) is 13.1 Å². The number of tetrazole rings is 1. The average molecular weight is 289 g/mol. The molecule has 110 valence electrons. The molecule has 1 aromatic heterocycles. The van der Waals surface area contributed by atoms with Crippen molar-refractivity contribution in [3.63, 3.8) is 0 Å². The second-order valence-corrected chi connectivity index (χ2v) is 5.05. The minimum Gasteiger partial charge on any atom is -0.445 e. The molecule has 1 N–H and O–H groups in total. The molecule has 1 saturated heterocycles. The molecule has 0 bridgehead atoms. The molecule has 2 aromatic rings. The maximum Gasteiger partial charge on any atom is 0.410 e. The normalized spacial score (nSPS) is 16.4. The third-order valence-electron chi connectivity index (χ3n) is 3.40. The minimum atomic E-state index is -1.20. The smallest absolute Gasteiger partial charge is 0.410 e. The van der Waals surface area contributed by atoms with Crippen LogP contribution in [0.5, 0.6) is 0 Å². The molecule has 0 spiro atoms. The number of carbonyl (C=O) groups is 1. The van der Waals surface area contributed by atoms with Gasteiger partial charge in [0, 0.05) is 7.05 Å². The summed E-state index contributed by atoms with van der Waals surface area (Å²) in [6.07, 6.45) is -0.460. The molecule has 1 aromatic carbocycles. The van der Waals surface area contributed by atoms with Gasteiger partial charge in [-0.2, -0.15) is 0 Å². The Labute approximate surface area is 120 Å². The first-order valence-corrected chi connectivity index (χ1v) is 6.49. The molecule has 1 aliphatic rings. The van der Waals surface area contributed by atoms with Gasteiger partial charge in [0.1, 0.15) is 6.61 Å². The van der Waals surface area contributed by atoms with E-state index in [0.29, 0.717) is 5.82 Å². The molecule has 0 aliphatic carbocycles. The van der Waals surface area contributed by atoms with Crippen LogP contribution in [0, 0.1) is 0 Å². The Bertz CT molecular complexity index is 636. The van der Waals surface area contributed by atoms with Gasteiger partial charge in [0.25, 0.3) is 0 Å². The van der Waals surface area contributed by atoms with Gasteiger partial charge in [-0.1, -0.05) is 30.3 Å². The van der Waals surface area contributed by atoms with E-state index < -0.39 is 11.7 Å². The van der Waals surface area contributed by atoms with Crippen molar-refractivity contribution in [3.05, 3.63) is 41.7 Å². The number of likely N-dealkylation sites (tertiary alicyclic amines) is 1. The quantitative estimate of drug-likeness (QED) is 0.858. The number of hydrogen-bond acceptors (Lipinski definition) is 6. The van der Waals surface area contributed by atoms with Crippen LogP contribution in [0.15, 0.2) is 30.3 Å². The lowest BCUT2D eigenvalue weighted by atomic mass is 9.94. The van der Waals surface area contributed by atoms with Gasteiger partial charge < -0.3 is 14.7 Å². The summed E-state index contributed by atoms with van der Waals surface area (Å²) >= 11 is 0. The molecule has 21 heavy (non-hydrogen) atoms. The lowest BCUT2D eigenvalue weighted by Gasteiger charge is -2.43. The zero-order valence-electron chi connectivity index (χ0n) is 11.5. The number of carbonyl (C=O) groups excluding carboxylic acids is 1. The topological polar surface area (TPSA) is 93.4 Å². The molecule has 0 unspecified atom stereocenters. The lowest BCUT2D eigenvalue weighted by molar-refractivity contribution is -0.103. The second kappa shape index (κ2) is 5.13. The zero-order chi connectivity index (χ0) is 14.9. The van der Waals surface area contributed by atoms with Crippen LogP contribution in [-0.2, 0) is 24.0 Å². The Morgan fingerprint density at radius 1 is 1.38 bits per heavy atom. The van der Waals surface area contributed by atoms with Gasteiger partial charge in [-0.15, -0.1) is 5.10 Å². The van der Waals surface area contributed by atoms with Gasteiger partial charge in [-0.05, 0) is 16.0 Å². The van der Waals surface area contributed by atoms with Gasteiger partial charge in [-0.3, -0.25) is 0 Å². The van der Waals surface area contributed by atoms with Crippen molar-refractivity contribution in [1.82, 2.24) is 25.1 Å². The highest BCUT2D eigenvalue weighted by atomic mass is 16.6. The fourth-order valence-corrected chi connectivity index (χ4v) is 2.29. The van der Waals surface area contributed by atoms with E-state index in [1.54, 1.807) is 7.05 Å². The molecule has 0 saturated carbocycles. The third kappa shape index (κ3) is 2.57. The predicted octanol–water partition coefficient (Wildman–Crippen LogP) is 0.0501. The van der Waals surface area contributed by atoms with E-state index in [9.17, 15) is 9.90 Å². The molecule has 1 amide bonds. The number of rotatable bonds is 3. The predicted molar refractivity (Wildman–Crippen MR) is 70.9 cm³/mol. The van der Waals surface area contributed by atoms with Crippen molar-refractivity contribution in [2.45, 2.75) is 12.2 Å². The summed E-state index contributed by atoms with van der Waals surface area (Å²) in [7, 11) is 1.64. The Kier molecular flexibility index (Phi) is 3.30. The number of amides is 1. The first-order valence-electron chi connectivity index (χ1n) is 6.49. The van der Waals surface area contributed by atoms with E-state index in [-0.39, 0.29) is 19.7 Å². The number of benzene rings is 1. The minimum absolute atomic E-state index is 0.120. The number of aromatic nitrogens is 4. The van der Waals surface area contributed by atoms with E-state index in [0.717, 1.165) is 5.56 Å². The molecule has 2 heterocycles. The number of hydrogen-bond donors (Lipinski definition) is 1. The van der Waals surface area contributed by atoms with Crippen LogP contribution in [0.25, 0.3) is 0 Å². The summed E-state index contributed by atoms with van der Waals surface area (Å²) in [6.45, 7) is 0.448. The Morgan fingerprint density at radius 3 is 2.71 bits per heavy atom. The van der Waals surface area contributed by atoms with E-state index >= 15 is 0 Å². The first kappa shape index (κ1) is 13.5. The van der Waals surface area contributed by atoms with E-state index in [2.05, 4.69) is 15.5 Å². The monoisotopic (exact) mass is 289 g/mol. The summed E-state index contributed by atoms with van der Waals surface area (Å²) in [5.41, 5.74) is -0.288. The number of nitrogens with zero attached hydrogens (tertiary/aromatic N) is 5. The molecule has 1 aliphatic heterocycles. The fraction of sp³-hybridized carbons (Fsp3) is 0.385. The van der Waals surface area contributed by atoms with Gasteiger partial charge in [0.15, 0.2) is 11.4 Å². The Morgan fingerprint density at radius 2 is 2.10 bits per heavy atom. The summed E-state index contributed by atoms with van der Waals surface area (Å²) < 4.78 is 6.59. The zero-order valence-corrected chi connectivity index (χ0v) is 11.5. The molecule has 1 fully saturated rings. The van der Waals surface area contributed by atoms with Crippen molar-refractivity contribution in [3.8, 4) is 0 Å². The van der Waals surface area contributed by atoms with Crippen LogP contribution in [0.2, 0.25) is 0 Å². The first-order chi connectivity index (χ1) is 10.1. The Hall–Kier alpha value is -2.48. The maximum atomic E-state index is 11.9. The standard InChI is InChI=1S/C13H15N5O3/c1-17-11(14-15-16-17)13(20)8-18(9-13)12(19)21-7-10-5-3-2-4-6-10/h2-6,20H,7-9H2,1H3. The van der Waals surface area contributed by atoms with Gasteiger partial charge >= 0.3 is 6.09 Å². The number of aryl methyl sites for hydroxylation is 1. The van der Waals surface area contributed by atoms with E-state index in [1.807, 2.05) is 30.3 Å². The van der Waals surface area contributed by atoms with E-state index in [1.165, 1.54) is 9.58 Å². The van der Waals surface area contributed by atoms with Crippen molar-refractivity contribution >= 4 is 6.09 Å². The van der Waals surface area contributed by atoms with Crippen LogP contribution in [0.1, 0.15) is 11.4 Å². The summed E-state index contributed by atoms with van der Waals surface area (Å²) in [5.74, 6) is 0.342. The molecule has 0 radical (unpaired) electrons. The van der Waals surface area contributed by atoms with Crippen LogP contribution >= 0.6 is 0 Å². The highest BCUT2D eigenvalue weighted by Crippen LogP contribution is 2.30. The van der Waals surface area contributed by atoms with Crippen LogP contribution < -0.4 is 0 Å². The summed E-state index contributed by atoms with van der Waals surface area (Å²) in [5, 5.41) is 21.3. The van der Waals surface area contributed by atoms with Crippen molar-refractivity contribution in [2.75, 3.05) is 13.1 Å². The molecule has 0 atom stereocenters. The van der Waals surface area contributed by atoms with Crippen molar-refractivity contribution in [1.29, 1.82) is 0 Å². The van der Waals surface area contributed by atoms with Crippen molar-refractivity contribution < 1.29 is 14.6 Å². The fourth-order valence-electron chi connectivity index (χ4n) is 2.29. The summed E-state index contributed by atoms with van der Waals surface area (Å²) in [6, 6.07) is 9.42. The molecular weight excluding hydrogens is 274 g/mol. The maximum absolute atomic E-state index is 11.9. The van der Waals surface area contributed by atoms with Gasteiger partial charge in [-0.25, -0.2) is 9.48 Å². The van der Waals surface area contributed by atoms with Gasteiger partial charge in [0.2, 0.25) is 0 Å². The van der Waals surface area contributed by atoms with Crippen molar-refractivity contribution in [2.24, 2.45) is 7.05 Å². The molecular formula is C13H15N5O3. The van der Waals surface area contributed by atoms with E-state index in [4.69, 9.17) is 4.74 Å². The van der Waals surface area contributed by atoms with Crippen LogP contribution in [-0.4, -0.2) is 49.4 Å². The lowest BCUT2D eigenvalue weighted by Crippen LogP contribution is -2.62. The number of aliphatic hydroxyl groups is 1. The summed E-state index contributed by atoms with van der Waals surface area (Å²) in [4.78, 5) is 13.3. The largest absolute Gasteiger partial charge is 0.445 e. The Balaban J connectivity index is 1.54. The number of β-amino-alcohol motifs (C(OH)–C–C–N with tert-alkyl or cyclic N) is 1. The molecule has 3 rings (SSSR count). The molecule has 8 nitrogen and oxygen atoms in total. The van der Waals surface area contributed by atoms with Crippen LogP contribution in [0.4, 0.5) is 4.79 Å². The highest BCUT2D eigenvalue weighted by molar-refractivity contribution is 5.69.